The summed E-state index contributed by atoms with van der Waals surface area (Å²) in [5.41, 5.74) is 1.87. The maximum absolute atomic E-state index is 11.9. The number of ketones is 1. The lowest BCUT2D eigenvalue weighted by molar-refractivity contribution is -0.136. The van der Waals surface area contributed by atoms with Gasteiger partial charge in [-0.05, 0) is 44.5 Å². The molecule has 5 heteroatoms. The van der Waals surface area contributed by atoms with Crippen LogP contribution in [-0.4, -0.2) is 24.3 Å². The second kappa shape index (κ2) is 8.77. The number of hydrogen-bond donors (Lipinski definition) is 1. The van der Waals surface area contributed by atoms with Gasteiger partial charge in [0.15, 0.2) is 12.4 Å². The van der Waals surface area contributed by atoms with Crippen LogP contribution in [-0.2, 0) is 14.3 Å². The maximum atomic E-state index is 11.9. The predicted octanol–water partition coefficient (Wildman–Crippen LogP) is 3.12. The fraction of sp³-hybridized carbons (Fsp3) is 0.353. The molecule has 0 aliphatic heterocycles. The molecule has 0 atom stereocenters. The highest BCUT2D eigenvalue weighted by Crippen LogP contribution is 2.11. The van der Waals surface area contributed by atoms with Crippen molar-refractivity contribution >= 4 is 23.3 Å². The van der Waals surface area contributed by atoms with E-state index in [4.69, 9.17) is 4.74 Å². The molecule has 22 heavy (non-hydrogen) atoms. The molecule has 0 bridgehead atoms. The summed E-state index contributed by atoms with van der Waals surface area (Å²) in [6, 6.07) is 6.49. The van der Waals surface area contributed by atoms with Crippen LogP contribution in [0.4, 0.5) is 5.69 Å². The average Bonchev–Trinajstić information content (AvgIpc) is 2.45. The number of allylic oxidation sites excluding steroid dienone is 1. The molecular formula is C17H21NO4. The fourth-order valence-corrected chi connectivity index (χ4v) is 1.69. The van der Waals surface area contributed by atoms with Crippen LogP contribution in [0.5, 0.6) is 0 Å². The van der Waals surface area contributed by atoms with Crippen molar-refractivity contribution in [3.8, 4) is 0 Å². The Hall–Kier alpha value is -2.43. The number of rotatable bonds is 7. The third-order valence-electron chi connectivity index (χ3n) is 2.72. The second-order valence-corrected chi connectivity index (χ2v) is 5.13. The normalized spacial score (nSPS) is 9.77. The standard InChI is InChI=1S/C17H21NO4/c1-4-5-16(20)18-14-8-6-13(7-9-14)15(19)11-22-17(21)10-12(2)3/h6-10H,4-5,11H2,1-3H3,(H,18,20). The zero-order chi connectivity index (χ0) is 16.5. The molecule has 0 aromatic heterocycles. The topological polar surface area (TPSA) is 72.5 Å². The molecule has 1 aromatic carbocycles. The van der Waals surface area contributed by atoms with Crippen molar-refractivity contribution in [2.45, 2.75) is 33.6 Å². The van der Waals surface area contributed by atoms with E-state index in [1.165, 1.54) is 6.08 Å². The van der Waals surface area contributed by atoms with Gasteiger partial charge in [-0.2, -0.15) is 0 Å². The van der Waals surface area contributed by atoms with Crippen LogP contribution in [0.1, 0.15) is 44.0 Å². The smallest absolute Gasteiger partial charge is 0.331 e. The summed E-state index contributed by atoms with van der Waals surface area (Å²) >= 11 is 0. The van der Waals surface area contributed by atoms with Crippen LogP contribution in [0.2, 0.25) is 0 Å². The number of ether oxygens (including phenoxy) is 1. The van der Waals surface area contributed by atoms with Crippen molar-refractivity contribution in [3.63, 3.8) is 0 Å². The Morgan fingerprint density at radius 3 is 2.32 bits per heavy atom. The summed E-state index contributed by atoms with van der Waals surface area (Å²) in [4.78, 5) is 34.7. The van der Waals surface area contributed by atoms with E-state index in [2.05, 4.69) is 5.32 Å². The quantitative estimate of drug-likeness (QED) is 0.477. The molecule has 1 aromatic rings. The summed E-state index contributed by atoms with van der Waals surface area (Å²) in [7, 11) is 0. The van der Waals surface area contributed by atoms with Gasteiger partial charge in [-0.3, -0.25) is 9.59 Å². The highest BCUT2D eigenvalue weighted by atomic mass is 16.5. The third kappa shape index (κ3) is 6.35. The first-order valence-electron chi connectivity index (χ1n) is 7.17. The molecular weight excluding hydrogens is 282 g/mol. The van der Waals surface area contributed by atoms with Crippen molar-refractivity contribution in [2.24, 2.45) is 0 Å². The number of amides is 1. The molecule has 0 saturated heterocycles. The molecule has 0 unspecified atom stereocenters. The van der Waals surface area contributed by atoms with E-state index in [9.17, 15) is 14.4 Å². The molecule has 1 amide bonds. The lowest BCUT2D eigenvalue weighted by Crippen LogP contribution is -2.13. The predicted molar refractivity (Wildman–Crippen MR) is 84.7 cm³/mol. The molecule has 0 aliphatic rings. The van der Waals surface area contributed by atoms with Gasteiger partial charge in [-0.25, -0.2) is 4.79 Å². The van der Waals surface area contributed by atoms with Crippen molar-refractivity contribution in [3.05, 3.63) is 41.5 Å². The van der Waals surface area contributed by atoms with Crippen molar-refractivity contribution in [1.29, 1.82) is 0 Å². The van der Waals surface area contributed by atoms with E-state index in [-0.39, 0.29) is 18.3 Å². The molecule has 0 fully saturated rings. The summed E-state index contributed by atoms with van der Waals surface area (Å²) in [6.07, 6.45) is 2.57. The zero-order valence-electron chi connectivity index (χ0n) is 13.1. The molecule has 0 saturated carbocycles. The van der Waals surface area contributed by atoms with E-state index >= 15 is 0 Å². The van der Waals surface area contributed by atoms with Gasteiger partial charge in [0.05, 0.1) is 0 Å². The number of esters is 1. The Labute approximate surface area is 130 Å². The maximum Gasteiger partial charge on any atom is 0.331 e. The van der Waals surface area contributed by atoms with Gasteiger partial charge in [0.1, 0.15) is 0 Å². The van der Waals surface area contributed by atoms with E-state index in [0.717, 1.165) is 12.0 Å². The highest BCUT2D eigenvalue weighted by molar-refractivity contribution is 5.99. The van der Waals surface area contributed by atoms with Crippen LogP contribution in [0.3, 0.4) is 0 Å². The molecule has 1 rings (SSSR count). The highest BCUT2D eigenvalue weighted by Gasteiger charge is 2.09. The summed E-state index contributed by atoms with van der Waals surface area (Å²) < 4.78 is 4.86. The summed E-state index contributed by atoms with van der Waals surface area (Å²) in [6.45, 7) is 5.17. The Balaban J connectivity index is 2.55. The van der Waals surface area contributed by atoms with Gasteiger partial charge < -0.3 is 10.1 Å². The van der Waals surface area contributed by atoms with Gasteiger partial charge in [-0.1, -0.05) is 12.5 Å². The Bertz CT molecular complexity index is 569. The molecule has 1 N–H and O–H groups in total. The third-order valence-corrected chi connectivity index (χ3v) is 2.72. The molecule has 118 valence electrons. The van der Waals surface area contributed by atoms with Gasteiger partial charge in [-0.15, -0.1) is 0 Å². The van der Waals surface area contributed by atoms with Crippen LogP contribution in [0, 0.1) is 0 Å². The Morgan fingerprint density at radius 1 is 1.14 bits per heavy atom. The number of Topliss-reactive ketones (excluding diaryl/α,β-unsaturated/α-hetero) is 1. The average molecular weight is 303 g/mol. The molecule has 0 spiro atoms. The molecule has 0 radical (unpaired) electrons. The largest absolute Gasteiger partial charge is 0.454 e. The molecule has 0 heterocycles. The minimum Gasteiger partial charge on any atom is -0.454 e. The van der Waals surface area contributed by atoms with E-state index in [1.54, 1.807) is 38.1 Å². The van der Waals surface area contributed by atoms with Crippen molar-refractivity contribution in [1.82, 2.24) is 0 Å². The van der Waals surface area contributed by atoms with Gasteiger partial charge >= 0.3 is 5.97 Å². The number of anilines is 1. The lowest BCUT2D eigenvalue weighted by Gasteiger charge is -2.06. The van der Waals surface area contributed by atoms with E-state index in [0.29, 0.717) is 17.7 Å². The lowest BCUT2D eigenvalue weighted by atomic mass is 10.1. The first-order chi connectivity index (χ1) is 10.4. The number of carbonyl (C=O) groups is 3. The van der Waals surface area contributed by atoms with Crippen LogP contribution in [0.15, 0.2) is 35.9 Å². The second-order valence-electron chi connectivity index (χ2n) is 5.13. The Kier molecular flexibility index (Phi) is 7.02. The van der Waals surface area contributed by atoms with Gasteiger partial charge in [0.25, 0.3) is 0 Å². The van der Waals surface area contributed by atoms with Crippen molar-refractivity contribution < 1.29 is 19.1 Å². The minimum atomic E-state index is -0.531. The van der Waals surface area contributed by atoms with E-state index < -0.39 is 5.97 Å². The summed E-state index contributed by atoms with van der Waals surface area (Å²) in [5, 5.41) is 2.74. The van der Waals surface area contributed by atoms with Gasteiger partial charge in [0.2, 0.25) is 5.91 Å². The van der Waals surface area contributed by atoms with Crippen LogP contribution in [0.25, 0.3) is 0 Å². The summed E-state index contributed by atoms with van der Waals surface area (Å²) in [5.74, 6) is -0.879. The first kappa shape index (κ1) is 17.6. The first-order valence-corrected chi connectivity index (χ1v) is 7.17. The van der Waals surface area contributed by atoms with Gasteiger partial charge in [0, 0.05) is 23.7 Å². The van der Waals surface area contributed by atoms with Crippen LogP contribution >= 0.6 is 0 Å². The molecule has 5 nitrogen and oxygen atoms in total. The fourth-order valence-electron chi connectivity index (χ4n) is 1.69. The SMILES string of the molecule is CCCC(=O)Nc1ccc(C(=O)COC(=O)C=C(C)C)cc1. The number of nitrogens with one attached hydrogen (secondary N) is 1. The Morgan fingerprint density at radius 2 is 1.77 bits per heavy atom. The molecule has 0 aliphatic carbocycles. The van der Waals surface area contributed by atoms with Crippen LogP contribution < -0.4 is 5.32 Å². The number of benzene rings is 1. The minimum absolute atomic E-state index is 0.0581. The van der Waals surface area contributed by atoms with E-state index in [1.807, 2.05) is 6.92 Å². The number of carbonyl (C=O) groups excluding carboxylic acids is 3. The monoisotopic (exact) mass is 303 g/mol. The number of hydrogen-bond acceptors (Lipinski definition) is 4. The zero-order valence-corrected chi connectivity index (χ0v) is 13.1. The van der Waals surface area contributed by atoms with Crippen molar-refractivity contribution in [2.75, 3.05) is 11.9 Å².